The number of halogens is 3. The molecule has 7 nitrogen and oxygen atoms in total. The van der Waals surface area contributed by atoms with Crippen molar-refractivity contribution in [3.8, 4) is 11.5 Å². The highest BCUT2D eigenvalue weighted by molar-refractivity contribution is 6.24. The minimum absolute atomic E-state index is 0.0390. The Morgan fingerprint density at radius 1 is 1.27 bits per heavy atom. The maximum absolute atomic E-state index is 13.1. The molecule has 1 aromatic carbocycles. The Morgan fingerprint density at radius 2 is 1.93 bits per heavy atom. The van der Waals surface area contributed by atoms with Gasteiger partial charge in [-0.05, 0) is 56.4 Å². The van der Waals surface area contributed by atoms with E-state index in [2.05, 4.69) is 4.74 Å². The van der Waals surface area contributed by atoms with E-state index in [1.165, 1.54) is 13.2 Å². The van der Waals surface area contributed by atoms with Crippen molar-refractivity contribution in [2.45, 2.75) is 56.6 Å². The highest BCUT2D eigenvalue weighted by atomic mass is 35.5. The monoisotopic (exact) mass is 445 g/mol. The van der Waals surface area contributed by atoms with Gasteiger partial charge in [-0.1, -0.05) is 0 Å². The molecule has 0 aliphatic heterocycles. The third-order valence-corrected chi connectivity index (χ3v) is 7.00. The maximum Gasteiger partial charge on any atom is 0.387 e. The number of nitro benzene ring substituents is 1. The summed E-state index contributed by atoms with van der Waals surface area (Å²) in [5.74, 6) is -0.170. The SMILES string of the molecule is COc1cc(COC(=O)C23CC4CC(CC(Cl)(C4)C2)C3)c([N+](=O)[O-])cc1OC(F)F. The zero-order chi connectivity index (χ0) is 21.7. The number of hydrogen-bond donors (Lipinski definition) is 0. The van der Waals surface area contributed by atoms with Crippen molar-refractivity contribution < 1.29 is 32.7 Å². The molecule has 164 valence electrons. The van der Waals surface area contributed by atoms with Crippen molar-refractivity contribution in [3.05, 3.63) is 27.8 Å². The summed E-state index contributed by atoms with van der Waals surface area (Å²) in [4.78, 5) is 23.4. The van der Waals surface area contributed by atoms with Gasteiger partial charge >= 0.3 is 12.6 Å². The standard InChI is InChI=1S/C20H22ClF2NO6/c1-28-15-3-13(14(24(26)27)4-16(15)30-18(22)23)9-29-17(25)19-5-11-2-12(6-19)8-20(21,7-11)10-19/h3-4,11-12,18H,2,5-10H2,1H3. The van der Waals surface area contributed by atoms with E-state index < -0.39 is 34.4 Å². The summed E-state index contributed by atoms with van der Waals surface area (Å²) in [7, 11) is 1.23. The van der Waals surface area contributed by atoms with Gasteiger partial charge in [0.15, 0.2) is 11.5 Å². The van der Waals surface area contributed by atoms with Gasteiger partial charge in [-0.3, -0.25) is 14.9 Å². The molecule has 0 amide bonds. The van der Waals surface area contributed by atoms with Crippen LogP contribution < -0.4 is 9.47 Å². The van der Waals surface area contributed by atoms with Gasteiger partial charge < -0.3 is 14.2 Å². The number of esters is 1. The van der Waals surface area contributed by atoms with Crippen LogP contribution in [0.3, 0.4) is 0 Å². The van der Waals surface area contributed by atoms with E-state index in [9.17, 15) is 23.7 Å². The summed E-state index contributed by atoms with van der Waals surface area (Å²) in [6.07, 6.45) is 4.91. The fourth-order valence-electron chi connectivity index (χ4n) is 5.91. The van der Waals surface area contributed by atoms with Crippen molar-refractivity contribution in [2.75, 3.05) is 7.11 Å². The number of ether oxygens (including phenoxy) is 3. The van der Waals surface area contributed by atoms with E-state index in [4.69, 9.17) is 21.1 Å². The first kappa shape index (κ1) is 21.1. The Hall–Kier alpha value is -2.16. The van der Waals surface area contributed by atoms with Crippen LogP contribution in [-0.4, -0.2) is 29.5 Å². The second kappa shape index (κ2) is 7.51. The minimum Gasteiger partial charge on any atom is -0.493 e. The normalized spacial score (nSPS) is 31.6. The summed E-state index contributed by atoms with van der Waals surface area (Å²) >= 11 is 6.76. The Labute approximate surface area is 176 Å². The number of nitrogens with zero attached hydrogens (tertiary/aromatic N) is 1. The molecule has 4 bridgehead atoms. The highest BCUT2D eigenvalue weighted by Gasteiger charge is 2.60. The van der Waals surface area contributed by atoms with Gasteiger partial charge in [0.1, 0.15) is 6.61 Å². The van der Waals surface area contributed by atoms with Crippen molar-refractivity contribution in [1.29, 1.82) is 0 Å². The smallest absolute Gasteiger partial charge is 0.387 e. The largest absolute Gasteiger partial charge is 0.493 e. The quantitative estimate of drug-likeness (QED) is 0.258. The lowest BCUT2D eigenvalue weighted by atomic mass is 9.49. The number of rotatable bonds is 7. The molecule has 5 rings (SSSR count). The van der Waals surface area contributed by atoms with Gasteiger partial charge in [0.05, 0.1) is 29.1 Å². The Balaban J connectivity index is 1.54. The molecule has 0 saturated heterocycles. The van der Waals surface area contributed by atoms with Crippen LogP contribution in [0.5, 0.6) is 11.5 Å². The zero-order valence-electron chi connectivity index (χ0n) is 16.4. The number of alkyl halides is 3. The molecule has 2 unspecified atom stereocenters. The van der Waals surface area contributed by atoms with E-state index in [1.807, 2.05) is 0 Å². The van der Waals surface area contributed by atoms with Crippen molar-refractivity contribution in [1.82, 2.24) is 0 Å². The average Bonchev–Trinajstić information content (AvgIpc) is 2.63. The summed E-state index contributed by atoms with van der Waals surface area (Å²) in [6.45, 7) is -3.53. The molecular formula is C20H22ClF2NO6. The highest BCUT2D eigenvalue weighted by Crippen LogP contribution is 2.64. The van der Waals surface area contributed by atoms with Gasteiger partial charge in [0.2, 0.25) is 0 Å². The third-order valence-electron chi connectivity index (χ3n) is 6.56. The maximum atomic E-state index is 13.1. The van der Waals surface area contributed by atoms with Crippen molar-refractivity contribution in [3.63, 3.8) is 0 Å². The summed E-state index contributed by atoms with van der Waals surface area (Å²) in [5.41, 5.74) is -1.10. The molecule has 1 aromatic rings. The predicted molar refractivity (Wildman–Crippen MR) is 102 cm³/mol. The van der Waals surface area contributed by atoms with E-state index >= 15 is 0 Å². The van der Waals surface area contributed by atoms with Crippen LogP contribution in [0.1, 0.15) is 44.1 Å². The van der Waals surface area contributed by atoms with Crippen LogP contribution in [0, 0.1) is 27.4 Å². The molecule has 2 atom stereocenters. The molecule has 4 fully saturated rings. The lowest BCUT2D eigenvalue weighted by Gasteiger charge is -2.58. The molecule has 0 aromatic heterocycles. The van der Waals surface area contributed by atoms with Crippen LogP contribution in [-0.2, 0) is 16.1 Å². The summed E-state index contributed by atoms with van der Waals surface area (Å²) in [5, 5.41) is 11.4. The first-order valence-corrected chi connectivity index (χ1v) is 10.2. The van der Waals surface area contributed by atoms with E-state index in [0.717, 1.165) is 38.2 Å². The fourth-order valence-corrected chi connectivity index (χ4v) is 6.60. The molecule has 0 radical (unpaired) electrons. The van der Waals surface area contributed by atoms with Gasteiger partial charge in [0.25, 0.3) is 5.69 Å². The van der Waals surface area contributed by atoms with Crippen molar-refractivity contribution >= 4 is 23.3 Å². The molecule has 4 aliphatic rings. The summed E-state index contributed by atoms with van der Waals surface area (Å²) < 4.78 is 40.0. The number of methoxy groups -OCH3 is 1. The molecule has 0 heterocycles. The fraction of sp³-hybridized carbons (Fsp3) is 0.650. The average molecular weight is 446 g/mol. The van der Waals surface area contributed by atoms with Crippen LogP contribution in [0.4, 0.5) is 14.5 Å². The number of carbonyl (C=O) groups is 1. The van der Waals surface area contributed by atoms with Gasteiger partial charge in [-0.2, -0.15) is 8.78 Å². The molecular weight excluding hydrogens is 424 g/mol. The van der Waals surface area contributed by atoms with Gasteiger partial charge in [-0.15, -0.1) is 11.6 Å². The molecule has 4 saturated carbocycles. The minimum atomic E-state index is -3.17. The Bertz CT molecular complexity index is 865. The topological polar surface area (TPSA) is 87.9 Å². The molecule has 4 aliphatic carbocycles. The number of benzene rings is 1. The van der Waals surface area contributed by atoms with Gasteiger partial charge in [0, 0.05) is 4.87 Å². The number of carbonyl (C=O) groups excluding carboxylic acids is 1. The van der Waals surface area contributed by atoms with Gasteiger partial charge in [-0.25, -0.2) is 0 Å². The van der Waals surface area contributed by atoms with Crippen LogP contribution in [0.25, 0.3) is 0 Å². The zero-order valence-corrected chi connectivity index (χ0v) is 17.1. The first-order valence-electron chi connectivity index (χ1n) is 9.79. The first-order chi connectivity index (χ1) is 14.1. The van der Waals surface area contributed by atoms with E-state index in [1.54, 1.807) is 0 Å². The Kier molecular flexibility index (Phi) is 5.28. The second-order valence-corrected chi connectivity index (χ2v) is 9.54. The third kappa shape index (κ3) is 3.79. The van der Waals surface area contributed by atoms with Crippen LogP contribution >= 0.6 is 11.6 Å². The lowest BCUT2D eigenvalue weighted by molar-refractivity contribution is -0.386. The molecule has 0 spiro atoms. The molecule has 10 heteroatoms. The van der Waals surface area contributed by atoms with Crippen LogP contribution in [0.15, 0.2) is 12.1 Å². The summed E-state index contributed by atoms with van der Waals surface area (Å²) in [6, 6.07) is 2.04. The van der Waals surface area contributed by atoms with Crippen LogP contribution in [0.2, 0.25) is 0 Å². The predicted octanol–water partition coefficient (Wildman–Crippen LogP) is 4.83. The number of nitro groups is 1. The van der Waals surface area contributed by atoms with E-state index in [-0.39, 0.29) is 22.8 Å². The lowest BCUT2D eigenvalue weighted by Crippen LogP contribution is -2.56. The second-order valence-electron chi connectivity index (χ2n) is 8.74. The van der Waals surface area contributed by atoms with E-state index in [0.29, 0.717) is 18.3 Å². The number of hydrogen-bond acceptors (Lipinski definition) is 6. The van der Waals surface area contributed by atoms with Crippen molar-refractivity contribution in [2.24, 2.45) is 17.3 Å². The Morgan fingerprint density at radius 3 is 2.47 bits per heavy atom. The molecule has 30 heavy (non-hydrogen) atoms. The molecule has 0 N–H and O–H groups in total.